The standard InChI is InChI=1S/C19H19F2N3O2S/c1-10-7-14(11(2)24(10)12-3-4-12)17(25)9-27-19-22-15-6-5-13(26-18(20)21)8-16(15)23-19/h5-8,12,18H,3-4,9H2,1-2H3,(H,22,23). The topological polar surface area (TPSA) is 59.9 Å². The fourth-order valence-electron chi connectivity index (χ4n) is 3.38. The smallest absolute Gasteiger partial charge is 0.387 e. The quantitative estimate of drug-likeness (QED) is 0.460. The number of imidazole rings is 1. The molecular formula is C19H19F2N3O2S. The minimum atomic E-state index is -2.87. The van der Waals surface area contributed by atoms with Gasteiger partial charge in [-0.1, -0.05) is 11.8 Å². The van der Waals surface area contributed by atoms with Gasteiger partial charge in [0.15, 0.2) is 10.9 Å². The number of nitrogens with one attached hydrogen (secondary N) is 1. The molecule has 1 saturated carbocycles. The first kappa shape index (κ1) is 18.0. The summed E-state index contributed by atoms with van der Waals surface area (Å²) in [6, 6.07) is 7.03. The van der Waals surface area contributed by atoms with Crippen LogP contribution < -0.4 is 4.74 Å². The maximum atomic E-state index is 12.7. The van der Waals surface area contributed by atoms with Gasteiger partial charge < -0.3 is 14.3 Å². The molecule has 5 nitrogen and oxygen atoms in total. The zero-order valence-electron chi connectivity index (χ0n) is 15.0. The van der Waals surface area contributed by atoms with Crippen LogP contribution in [-0.4, -0.2) is 32.7 Å². The number of aryl methyl sites for hydroxylation is 1. The Kier molecular flexibility index (Phi) is 4.67. The molecule has 8 heteroatoms. The Morgan fingerprint density at radius 2 is 2.15 bits per heavy atom. The average molecular weight is 391 g/mol. The van der Waals surface area contributed by atoms with Crippen LogP contribution in [-0.2, 0) is 0 Å². The second-order valence-electron chi connectivity index (χ2n) is 6.70. The molecule has 1 aromatic carbocycles. The van der Waals surface area contributed by atoms with Crippen LogP contribution in [0.1, 0.15) is 40.6 Å². The highest BCUT2D eigenvalue weighted by atomic mass is 32.2. The van der Waals surface area contributed by atoms with E-state index in [2.05, 4.69) is 19.3 Å². The third-order valence-electron chi connectivity index (χ3n) is 4.69. The highest BCUT2D eigenvalue weighted by molar-refractivity contribution is 7.99. The maximum absolute atomic E-state index is 12.7. The van der Waals surface area contributed by atoms with E-state index in [4.69, 9.17) is 0 Å². The Morgan fingerprint density at radius 3 is 2.85 bits per heavy atom. The van der Waals surface area contributed by atoms with Crippen molar-refractivity contribution < 1.29 is 18.3 Å². The van der Waals surface area contributed by atoms with Crippen molar-refractivity contribution in [2.75, 3.05) is 5.75 Å². The van der Waals surface area contributed by atoms with E-state index in [0.717, 1.165) is 17.0 Å². The minimum Gasteiger partial charge on any atom is -0.435 e. The fraction of sp³-hybridized carbons (Fsp3) is 0.368. The summed E-state index contributed by atoms with van der Waals surface area (Å²) in [4.78, 5) is 20.1. The maximum Gasteiger partial charge on any atom is 0.387 e. The molecule has 1 fully saturated rings. The van der Waals surface area contributed by atoms with Crippen molar-refractivity contribution in [2.24, 2.45) is 0 Å². The third-order valence-corrected chi connectivity index (χ3v) is 5.57. The molecule has 0 radical (unpaired) electrons. The van der Waals surface area contributed by atoms with Crippen LogP contribution in [0.4, 0.5) is 8.78 Å². The lowest BCUT2D eigenvalue weighted by Gasteiger charge is -2.07. The zero-order chi connectivity index (χ0) is 19.1. The van der Waals surface area contributed by atoms with Crippen LogP contribution in [0.2, 0.25) is 0 Å². The van der Waals surface area contributed by atoms with Gasteiger partial charge in [0.05, 0.1) is 16.8 Å². The molecule has 27 heavy (non-hydrogen) atoms. The molecule has 0 spiro atoms. The van der Waals surface area contributed by atoms with Crippen LogP contribution in [0, 0.1) is 13.8 Å². The highest BCUT2D eigenvalue weighted by Gasteiger charge is 2.28. The Morgan fingerprint density at radius 1 is 1.37 bits per heavy atom. The largest absolute Gasteiger partial charge is 0.435 e. The molecule has 0 atom stereocenters. The highest BCUT2D eigenvalue weighted by Crippen LogP contribution is 2.38. The van der Waals surface area contributed by atoms with Gasteiger partial charge in [-0.3, -0.25) is 4.79 Å². The lowest BCUT2D eigenvalue weighted by molar-refractivity contribution is -0.0497. The number of nitrogens with zero attached hydrogens (tertiary/aromatic N) is 2. The number of hydrogen-bond acceptors (Lipinski definition) is 4. The number of carbonyl (C=O) groups is 1. The normalized spacial score (nSPS) is 14.3. The Labute approximate surface area is 159 Å². The summed E-state index contributed by atoms with van der Waals surface area (Å²) in [6.07, 6.45) is 2.35. The molecule has 2 aromatic heterocycles. The van der Waals surface area contributed by atoms with Crippen molar-refractivity contribution in [2.45, 2.75) is 44.5 Å². The summed E-state index contributed by atoms with van der Waals surface area (Å²) in [7, 11) is 0. The van der Waals surface area contributed by atoms with Crippen LogP contribution >= 0.6 is 11.8 Å². The van der Waals surface area contributed by atoms with Crippen LogP contribution in [0.25, 0.3) is 11.0 Å². The van der Waals surface area contributed by atoms with Gasteiger partial charge in [0.25, 0.3) is 0 Å². The predicted molar refractivity (Wildman–Crippen MR) is 100.0 cm³/mol. The fourth-order valence-corrected chi connectivity index (χ4v) is 4.14. The number of hydrogen-bond donors (Lipinski definition) is 1. The van der Waals surface area contributed by atoms with E-state index in [-0.39, 0.29) is 17.3 Å². The Balaban J connectivity index is 1.46. The van der Waals surface area contributed by atoms with Gasteiger partial charge in [0.1, 0.15) is 5.75 Å². The number of ether oxygens (including phenoxy) is 1. The molecule has 2 heterocycles. The van der Waals surface area contributed by atoms with E-state index in [0.29, 0.717) is 22.2 Å². The number of aromatic amines is 1. The first-order chi connectivity index (χ1) is 12.9. The third kappa shape index (κ3) is 3.71. The van der Waals surface area contributed by atoms with E-state index >= 15 is 0 Å². The van der Waals surface area contributed by atoms with Crippen molar-refractivity contribution in [3.05, 3.63) is 41.2 Å². The van der Waals surface area contributed by atoms with E-state index in [1.54, 1.807) is 6.07 Å². The summed E-state index contributed by atoms with van der Waals surface area (Å²) in [5.41, 5.74) is 4.14. The number of thioether (sulfide) groups is 1. The summed E-state index contributed by atoms with van der Waals surface area (Å²) < 4.78 is 31.3. The van der Waals surface area contributed by atoms with Gasteiger partial charge in [-0.25, -0.2) is 4.98 Å². The van der Waals surface area contributed by atoms with Crippen molar-refractivity contribution in [1.29, 1.82) is 0 Å². The molecule has 4 rings (SSSR count). The second kappa shape index (κ2) is 6.99. The Hall–Kier alpha value is -2.35. The molecule has 0 bridgehead atoms. The van der Waals surface area contributed by atoms with E-state index in [1.807, 2.05) is 19.9 Å². The minimum absolute atomic E-state index is 0.0576. The number of Topliss-reactive ketones (excluding diaryl/α,β-unsaturated/α-hetero) is 1. The molecule has 0 unspecified atom stereocenters. The van der Waals surface area contributed by atoms with E-state index in [9.17, 15) is 13.6 Å². The van der Waals surface area contributed by atoms with Crippen LogP contribution in [0.3, 0.4) is 0 Å². The molecule has 1 aliphatic rings. The Bertz CT molecular complexity index is 1010. The summed E-state index contributed by atoms with van der Waals surface area (Å²) in [6.45, 7) is 1.16. The number of rotatable bonds is 7. The predicted octanol–water partition coefficient (Wildman–Crippen LogP) is 4.89. The number of benzene rings is 1. The number of ketones is 1. The van der Waals surface area contributed by atoms with Gasteiger partial charge in [0, 0.05) is 29.1 Å². The monoisotopic (exact) mass is 391 g/mol. The number of halogens is 2. The summed E-state index contributed by atoms with van der Waals surface area (Å²) >= 11 is 1.30. The van der Waals surface area contributed by atoms with Gasteiger partial charge >= 0.3 is 6.61 Å². The van der Waals surface area contributed by atoms with Crippen LogP contribution in [0.15, 0.2) is 29.4 Å². The first-order valence-corrected chi connectivity index (χ1v) is 9.70. The number of alkyl halides is 2. The van der Waals surface area contributed by atoms with Crippen molar-refractivity contribution in [1.82, 2.24) is 14.5 Å². The average Bonchev–Trinajstić information content (AvgIpc) is 3.28. The lowest BCUT2D eigenvalue weighted by atomic mass is 10.2. The molecule has 1 aliphatic carbocycles. The molecule has 0 aliphatic heterocycles. The SMILES string of the molecule is Cc1cc(C(=O)CSc2nc3ccc(OC(F)F)cc3[nH]2)c(C)n1C1CC1. The van der Waals surface area contributed by atoms with Gasteiger partial charge in [-0.2, -0.15) is 8.78 Å². The van der Waals surface area contributed by atoms with Crippen molar-refractivity contribution in [3.63, 3.8) is 0 Å². The number of carbonyl (C=O) groups excluding carboxylic acids is 1. The lowest BCUT2D eigenvalue weighted by Crippen LogP contribution is -2.06. The molecule has 3 aromatic rings. The van der Waals surface area contributed by atoms with Crippen molar-refractivity contribution >= 4 is 28.6 Å². The van der Waals surface area contributed by atoms with Crippen LogP contribution in [0.5, 0.6) is 5.75 Å². The number of fused-ring (bicyclic) bond motifs is 1. The molecule has 0 saturated heterocycles. The second-order valence-corrected chi connectivity index (χ2v) is 7.66. The van der Waals surface area contributed by atoms with Gasteiger partial charge in [0.2, 0.25) is 0 Å². The van der Waals surface area contributed by atoms with E-state index in [1.165, 1.54) is 36.7 Å². The zero-order valence-corrected chi connectivity index (χ0v) is 15.8. The summed E-state index contributed by atoms with van der Waals surface area (Å²) in [5, 5.41) is 0.573. The molecular weight excluding hydrogens is 372 g/mol. The molecule has 142 valence electrons. The van der Waals surface area contributed by atoms with Crippen molar-refractivity contribution in [3.8, 4) is 5.75 Å². The van der Waals surface area contributed by atoms with Gasteiger partial charge in [-0.05, 0) is 44.9 Å². The first-order valence-electron chi connectivity index (χ1n) is 8.71. The van der Waals surface area contributed by atoms with E-state index < -0.39 is 6.61 Å². The number of aromatic nitrogens is 3. The number of H-pyrrole nitrogens is 1. The molecule has 1 N–H and O–H groups in total. The molecule has 0 amide bonds. The summed E-state index contributed by atoms with van der Waals surface area (Å²) in [5.74, 6) is 0.387. The van der Waals surface area contributed by atoms with Gasteiger partial charge in [-0.15, -0.1) is 0 Å².